The lowest BCUT2D eigenvalue weighted by Crippen LogP contribution is -2.31. The molecule has 3 nitrogen and oxygen atoms in total. The number of aryl methyl sites for hydroxylation is 1. The van der Waals surface area contributed by atoms with Gasteiger partial charge in [-0.2, -0.15) is 0 Å². The fourth-order valence-corrected chi connectivity index (χ4v) is 2.11. The van der Waals surface area contributed by atoms with Crippen molar-refractivity contribution in [3.05, 3.63) is 23.4 Å². The highest BCUT2D eigenvalue weighted by Gasteiger charge is 2.15. The summed E-state index contributed by atoms with van der Waals surface area (Å²) in [6.07, 6.45) is 3.90. The van der Waals surface area contributed by atoms with Gasteiger partial charge in [0.2, 0.25) is 0 Å². The lowest BCUT2D eigenvalue weighted by molar-refractivity contribution is 0.571. The highest BCUT2D eigenvalue weighted by molar-refractivity contribution is 5.48. The minimum Gasteiger partial charge on any atom is -0.356 e. The molecule has 0 aromatic carbocycles. The largest absolute Gasteiger partial charge is 0.356 e. The van der Waals surface area contributed by atoms with Crippen LogP contribution in [0.25, 0.3) is 0 Å². The van der Waals surface area contributed by atoms with Crippen LogP contribution in [0.4, 0.5) is 5.82 Å². The minimum atomic E-state index is 0.582. The molecule has 0 amide bonds. The molecule has 0 atom stereocenters. The fourth-order valence-electron chi connectivity index (χ4n) is 2.11. The summed E-state index contributed by atoms with van der Waals surface area (Å²) in [6.45, 7) is 4.87. The van der Waals surface area contributed by atoms with Gasteiger partial charge in [-0.1, -0.05) is 6.07 Å². The van der Waals surface area contributed by atoms with Gasteiger partial charge in [-0.3, -0.25) is 0 Å². The van der Waals surface area contributed by atoms with Crippen molar-refractivity contribution >= 4 is 5.82 Å². The number of aromatic nitrogens is 1. The Morgan fingerprint density at radius 1 is 1.27 bits per heavy atom. The van der Waals surface area contributed by atoms with Gasteiger partial charge < -0.3 is 10.6 Å². The van der Waals surface area contributed by atoms with Crippen LogP contribution in [0.5, 0.6) is 0 Å². The highest BCUT2D eigenvalue weighted by Crippen LogP contribution is 2.22. The maximum atomic E-state index is 5.74. The average molecular weight is 205 g/mol. The van der Waals surface area contributed by atoms with E-state index in [0.29, 0.717) is 6.54 Å². The van der Waals surface area contributed by atoms with Crippen molar-refractivity contribution in [2.24, 2.45) is 5.73 Å². The molecule has 0 saturated carbocycles. The van der Waals surface area contributed by atoms with E-state index in [2.05, 4.69) is 16.0 Å². The molecule has 1 aromatic rings. The molecule has 1 aliphatic rings. The number of nitrogens with zero attached hydrogens (tertiary/aromatic N) is 2. The van der Waals surface area contributed by atoms with E-state index >= 15 is 0 Å². The van der Waals surface area contributed by atoms with E-state index in [4.69, 9.17) is 5.73 Å². The third kappa shape index (κ3) is 2.29. The summed E-state index contributed by atoms with van der Waals surface area (Å²) < 4.78 is 0. The zero-order valence-electron chi connectivity index (χ0n) is 9.37. The first-order valence-electron chi connectivity index (χ1n) is 5.73. The molecule has 15 heavy (non-hydrogen) atoms. The zero-order valence-corrected chi connectivity index (χ0v) is 9.37. The van der Waals surface area contributed by atoms with Gasteiger partial charge in [-0.15, -0.1) is 0 Å². The Hall–Kier alpha value is -1.09. The molecule has 0 aliphatic carbocycles. The molecule has 1 aromatic heterocycles. The molecule has 82 valence electrons. The number of piperidine rings is 1. The lowest BCUT2D eigenvalue weighted by atomic mass is 10.1. The first-order chi connectivity index (χ1) is 7.31. The van der Waals surface area contributed by atoms with Crippen molar-refractivity contribution in [2.75, 3.05) is 18.0 Å². The van der Waals surface area contributed by atoms with Gasteiger partial charge in [-0.05, 0) is 32.3 Å². The lowest BCUT2D eigenvalue weighted by Gasteiger charge is -2.29. The standard InChI is InChI=1S/C12H19N3/c1-10-5-6-11(9-13)12(14-10)15-7-3-2-4-8-15/h5-6H,2-4,7-9,13H2,1H3. The molecule has 2 rings (SSSR count). The maximum absolute atomic E-state index is 5.74. The Bertz CT molecular complexity index is 330. The van der Waals surface area contributed by atoms with Crippen LogP contribution in [0.3, 0.4) is 0 Å². The van der Waals surface area contributed by atoms with Crippen LogP contribution in [-0.4, -0.2) is 18.1 Å². The van der Waals surface area contributed by atoms with E-state index < -0.39 is 0 Å². The van der Waals surface area contributed by atoms with E-state index in [-0.39, 0.29) is 0 Å². The summed E-state index contributed by atoms with van der Waals surface area (Å²) in [5, 5.41) is 0. The first kappa shape index (κ1) is 10.4. The van der Waals surface area contributed by atoms with Gasteiger partial charge in [0.15, 0.2) is 0 Å². The molecule has 2 heterocycles. The van der Waals surface area contributed by atoms with Crippen LogP contribution in [0.1, 0.15) is 30.5 Å². The normalized spacial score (nSPS) is 16.8. The molecular formula is C12H19N3. The summed E-state index contributed by atoms with van der Waals surface area (Å²) in [5.41, 5.74) is 7.99. The molecular weight excluding hydrogens is 186 g/mol. The molecule has 0 spiro atoms. The second kappa shape index (κ2) is 4.62. The van der Waals surface area contributed by atoms with Gasteiger partial charge in [0.1, 0.15) is 5.82 Å². The Balaban J connectivity index is 2.27. The van der Waals surface area contributed by atoms with Gasteiger partial charge in [-0.25, -0.2) is 4.98 Å². The predicted molar refractivity (Wildman–Crippen MR) is 62.9 cm³/mol. The zero-order chi connectivity index (χ0) is 10.7. The maximum Gasteiger partial charge on any atom is 0.133 e. The van der Waals surface area contributed by atoms with E-state index in [9.17, 15) is 0 Å². The summed E-state index contributed by atoms with van der Waals surface area (Å²) in [5.74, 6) is 1.11. The predicted octanol–water partition coefficient (Wildman–Crippen LogP) is 1.84. The Morgan fingerprint density at radius 3 is 2.67 bits per heavy atom. The topological polar surface area (TPSA) is 42.1 Å². The monoisotopic (exact) mass is 205 g/mol. The van der Waals surface area contributed by atoms with Crippen molar-refractivity contribution in [3.63, 3.8) is 0 Å². The third-order valence-electron chi connectivity index (χ3n) is 2.97. The number of hydrogen-bond donors (Lipinski definition) is 1. The summed E-state index contributed by atoms with van der Waals surface area (Å²) in [4.78, 5) is 6.99. The van der Waals surface area contributed by atoms with E-state index in [1.165, 1.54) is 24.8 Å². The van der Waals surface area contributed by atoms with Gasteiger partial charge in [0.05, 0.1) is 0 Å². The number of anilines is 1. The molecule has 1 aliphatic heterocycles. The summed E-state index contributed by atoms with van der Waals surface area (Å²) >= 11 is 0. The quantitative estimate of drug-likeness (QED) is 0.801. The SMILES string of the molecule is Cc1ccc(CN)c(N2CCCCC2)n1. The number of hydrogen-bond acceptors (Lipinski definition) is 3. The molecule has 2 N–H and O–H groups in total. The van der Waals surface area contributed by atoms with Gasteiger partial charge >= 0.3 is 0 Å². The molecule has 1 saturated heterocycles. The molecule has 3 heteroatoms. The van der Waals surface area contributed by atoms with Crippen LogP contribution < -0.4 is 10.6 Å². The Labute approximate surface area is 91.3 Å². The van der Waals surface area contributed by atoms with Crippen molar-refractivity contribution in [1.29, 1.82) is 0 Å². The van der Waals surface area contributed by atoms with Crippen molar-refractivity contribution in [3.8, 4) is 0 Å². The number of pyridine rings is 1. The van der Waals surface area contributed by atoms with Crippen LogP contribution in [-0.2, 0) is 6.54 Å². The summed E-state index contributed by atoms with van der Waals surface area (Å²) in [6, 6.07) is 4.14. The second-order valence-electron chi connectivity index (χ2n) is 4.19. The van der Waals surface area contributed by atoms with Crippen LogP contribution in [0.2, 0.25) is 0 Å². The molecule has 1 fully saturated rings. The van der Waals surface area contributed by atoms with Crippen LogP contribution in [0, 0.1) is 6.92 Å². The molecule has 0 unspecified atom stereocenters. The van der Waals surface area contributed by atoms with E-state index in [0.717, 1.165) is 24.6 Å². The second-order valence-corrected chi connectivity index (χ2v) is 4.19. The Morgan fingerprint density at radius 2 is 2.00 bits per heavy atom. The first-order valence-corrected chi connectivity index (χ1v) is 5.73. The van der Waals surface area contributed by atoms with Crippen molar-refractivity contribution in [2.45, 2.75) is 32.7 Å². The third-order valence-corrected chi connectivity index (χ3v) is 2.97. The fraction of sp³-hybridized carbons (Fsp3) is 0.583. The van der Waals surface area contributed by atoms with Crippen LogP contribution >= 0.6 is 0 Å². The highest BCUT2D eigenvalue weighted by atomic mass is 15.2. The average Bonchev–Trinajstić information content (AvgIpc) is 2.30. The van der Waals surface area contributed by atoms with E-state index in [1.54, 1.807) is 0 Å². The molecule has 0 radical (unpaired) electrons. The van der Waals surface area contributed by atoms with Crippen LogP contribution in [0.15, 0.2) is 12.1 Å². The minimum absolute atomic E-state index is 0.582. The van der Waals surface area contributed by atoms with Crippen molar-refractivity contribution < 1.29 is 0 Å². The van der Waals surface area contributed by atoms with Gasteiger partial charge in [0.25, 0.3) is 0 Å². The van der Waals surface area contributed by atoms with E-state index in [1.807, 2.05) is 13.0 Å². The van der Waals surface area contributed by atoms with Crippen molar-refractivity contribution in [1.82, 2.24) is 4.98 Å². The van der Waals surface area contributed by atoms with Gasteiger partial charge in [0, 0.05) is 30.9 Å². The Kier molecular flexibility index (Phi) is 3.21. The number of nitrogens with two attached hydrogens (primary N) is 1. The summed E-state index contributed by atoms with van der Waals surface area (Å²) in [7, 11) is 0. The molecule has 0 bridgehead atoms. The number of rotatable bonds is 2. The smallest absolute Gasteiger partial charge is 0.133 e.